The quantitative estimate of drug-likeness (QED) is 0.647. The topological polar surface area (TPSA) is 6.48 Å². The number of para-hydroxylation sites is 1. The van der Waals surface area contributed by atoms with E-state index in [9.17, 15) is 13.2 Å². The number of alkyl halides is 3. The largest absolute Gasteiger partial charge is 0.418 e. The molecule has 1 saturated heterocycles. The molecular weight excluding hydrogens is 361 g/mol. The molecule has 0 N–H and O–H groups in total. The summed E-state index contributed by atoms with van der Waals surface area (Å²) in [6.07, 6.45) is -2.52. The Bertz CT molecular complexity index is 826. The van der Waals surface area contributed by atoms with Crippen LogP contribution in [0.3, 0.4) is 0 Å². The van der Waals surface area contributed by atoms with Crippen molar-refractivity contribution in [3.05, 3.63) is 58.6 Å². The maximum Gasteiger partial charge on any atom is 0.418 e. The lowest BCUT2D eigenvalue weighted by Gasteiger charge is -2.38. The highest BCUT2D eigenvalue weighted by Crippen LogP contribution is 2.52. The Kier molecular flexibility index (Phi) is 4.20. The van der Waals surface area contributed by atoms with Crippen molar-refractivity contribution in [1.82, 2.24) is 4.90 Å². The second-order valence-corrected chi connectivity index (χ2v) is 7.78. The molecule has 2 aliphatic heterocycles. The van der Waals surface area contributed by atoms with Crippen molar-refractivity contribution in [2.24, 2.45) is 0 Å². The van der Waals surface area contributed by atoms with Gasteiger partial charge in [0.25, 0.3) is 0 Å². The molecule has 0 aliphatic carbocycles. The minimum absolute atomic E-state index is 0.120. The summed E-state index contributed by atoms with van der Waals surface area (Å²) in [5.74, 6) is 0. The van der Waals surface area contributed by atoms with E-state index in [-0.39, 0.29) is 11.1 Å². The molecule has 26 heavy (non-hydrogen) atoms. The molecule has 138 valence electrons. The molecule has 2 aromatic carbocycles. The number of halogens is 4. The van der Waals surface area contributed by atoms with Gasteiger partial charge in [-0.25, -0.2) is 0 Å². The number of benzene rings is 2. The highest BCUT2D eigenvalue weighted by molar-refractivity contribution is 6.31. The van der Waals surface area contributed by atoms with Crippen molar-refractivity contribution in [2.45, 2.75) is 24.4 Å². The minimum atomic E-state index is -4.39. The van der Waals surface area contributed by atoms with Gasteiger partial charge < -0.3 is 9.80 Å². The lowest BCUT2D eigenvalue weighted by molar-refractivity contribution is -0.137. The first kappa shape index (κ1) is 17.7. The van der Waals surface area contributed by atoms with Gasteiger partial charge in [-0.3, -0.25) is 0 Å². The maximum atomic E-state index is 13.6. The van der Waals surface area contributed by atoms with E-state index in [1.165, 1.54) is 6.07 Å². The van der Waals surface area contributed by atoms with Crippen molar-refractivity contribution in [2.75, 3.05) is 31.6 Å². The van der Waals surface area contributed by atoms with Crippen LogP contribution in [0.2, 0.25) is 5.02 Å². The van der Waals surface area contributed by atoms with Gasteiger partial charge in [-0.1, -0.05) is 29.8 Å². The summed E-state index contributed by atoms with van der Waals surface area (Å²) < 4.78 is 40.7. The van der Waals surface area contributed by atoms with Gasteiger partial charge in [0.05, 0.1) is 11.3 Å². The molecule has 0 saturated carbocycles. The molecule has 0 atom stereocenters. The Morgan fingerprint density at radius 2 is 1.69 bits per heavy atom. The molecule has 4 rings (SSSR count). The third-order valence-corrected chi connectivity index (χ3v) is 5.96. The van der Waals surface area contributed by atoms with Crippen molar-refractivity contribution in [3.8, 4) is 0 Å². The predicted molar refractivity (Wildman–Crippen MR) is 98.3 cm³/mol. The first-order valence-corrected chi connectivity index (χ1v) is 9.10. The molecule has 0 amide bonds. The van der Waals surface area contributed by atoms with Crippen LogP contribution in [0.1, 0.15) is 24.0 Å². The van der Waals surface area contributed by atoms with Gasteiger partial charge in [0.15, 0.2) is 0 Å². The number of likely N-dealkylation sites (tertiary alicyclic amines) is 1. The van der Waals surface area contributed by atoms with E-state index in [1.54, 1.807) is 18.2 Å². The Balaban J connectivity index is 1.84. The molecule has 0 aromatic heterocycles. The Morgan fingerprint density at radius 3 is 2.38 bits per heavy atom. The van der Waals surface area contributed by atoms with Crippen LogP contribution in [-0.2, 0) is 11.6 Å². The predicted octanol–water partition coefficient (Wildman–Crippen LogP) is 5.47. The first-order valence-electron chi connectivity index (χ1n) is 8.73. The average Bonchev–Trinajstić information content (AvgIpc) is 2.91. The van der Waals surface area contributed by atoms with Crippen molar-refractivity contribution in [1.29, 1.82) is 0 Å². The number of piperidine rings is 1. The number of nitrogens with zero attached hydrogens (tertiary/aromatic N) is 2. The Morgan fingerprint density at radius 1 is 1.00 bits per heavy atom. The van der Waals surface area contributed by atoms with Crippen molar-refractivity contribution >= 4 is 23.0 Å². The third-order valence-electron chi connectivity index (χ3n) is 5.73. The van der Waals surface area contributed by atoms with E-state index >= 15 is 0 Å². The standard InChI is InChI=1S/C20H20ClF3N2/c1-25-10-8-19(9-11-25)13-26(18-12-14(21)6-7-15(18)19)17-5-3-2-4-16(17)20(22,23)24/h2-7,12H,8-11,13H2,1H3. The fourth-order valence-corrected chi connectivity index (χ4v) is 4.45. The van der Waals surface area contributed by atoms with E-state index in [2.05, 4.69) is 11.9 Å². The van der Waals surface area contributed by atoms with E-state index in [0.717, 1.165) is 43.2 Å². The molecule has 0 bridgehead atoms. The van der Waals surface area contributed by atoms with Gasteiger partial charge in [0.1, 0.15) is 0 Å². The lowest BCUT2D eigenvalue weighted by Crippen LogP contribution is -2.43. The van der Waals surface area contributed by atoms with E-state index in [4.69, 9.17) is 11.6 Å². The van der Waals surface area contributed by atoms with Gasteiger partial charge in [-0.05, 0) is 62.8 Å². The van der Waals surface area contributed by atoms with Gasteiger partial charge in [0, 0.05) is 22.7 Å². The molecule has 0 radical (unpaired) electrons. The average molecular weight is 381 g/mol. The molecular formula is C20H20ClF3N2. The zero-order chi connectivity index (χ0) is 18.5. The zero-order valence-corrected chi connectivity index (χ0v) is 15.2. The molecule has 2 heterocycles. The molecule has 2 aromatic rings. The molecule has 0 unspecified atom stereocenters. The lowest BCUT2D eigenvalue weighted by atomic mass is 9.74. The highest BCUT2D eigenvalue weighted by Gasteiger charge is 2.46. The summed E-state index contributed by atoms with van der Waals surface area (Å²) in [5, 5.41) is 0.545. The molecule has 1 fully saturated rings. The zero-order valence-electron chi connectivity index (χ0n) is 14.5. The summed E-state index contributed by atoms with van der Waals surface area (Å²) >= 11 is 6.20. The second kappa shape index (κ2) is 6.17. The normalized spacial score (nSPS) is 19.8. The third kappa shape index (κ3) is 2.87. The molecule has 2 nitrogen and oxygen atoms in total. The number of hydrogen-bond donors (Lipinski definition) is 0. The summed E-state index contributed by atoms with van der Waals surface area (Å²) in [7, 11) is 2.08. The van der Waals surface area contributed by atoms with Crippen LogP contribution in [0.4, 0.5) is 24.5 Å². The highest BCUT2D eigenvalue weighted by atomic mass is 35.5. The second-order valence-electron chi connectivity index (χ2n) is 7.35. The van der Waals surface area contributed by atoms with Gasteiger partial charge >= 0.3 is 6.18 Å². The van der Waals surface area contributed by atoms with Crippen LogP contribution in [0.5, 0.6) is 0 Å². The smallest absolute Gasteiger partial charge is 0.340 e. The monoisotopic (exact) mass is 380 g/mol. The van der Waals surface area contributed by atoms with Gasteiger partial charge in [0.2, 0.25) is 0 Å². The fraction of sp³-hybridized carbons (Fsp3) is 0.400. The molecule has 6 heteroatoms. The van der Waals surface area contributed by atoms with Crippen molar-refractivity contribution in [3.63, 3.8) is 0 Å². The van der Waals surface area contributed by atoms with Gasteiger partial charge in [-0.15, -0.1) is 0 Å². The Hall–Kier alpha value is -1.72. The number of hydrogen-bond acceptors (Lipinski definition) is 2. The van der Waals surface area contributed by atoms with Crippen molar-refractivity contribution < 1.29 is 13.2 Å². The van der Waals surface area contributed by atoms with Crippen LogP contribution < -0.4 is 4.90 Å². The summed E-state index contributed by atoms with van der Waals surface area (Å²) in [5.41, 5.74) is 1.41. The van der Waals surface area contributed by atoms with Crippen LogP contribution in [0, 0.1) is 0 Å². The van der Waals surface area contributed by atoms with Crippen LogP contribution in [0.15, 0.2) is 42.5 Å². The number of rotatable bonds is 1. The van der Waals surface area contributed by atoms with E-state index in [1.807, 2.05) is 17.0 Å². The minimum Gasteiger partial charge on any atom is -0.340 e. The number of fused-ring (bicyclic) bond motifs is 2. The molecule has 2 aliphatic rings. The first-order chi connectivity index (χ1) is 12.3. The summed E-state index contributed by atoms with van der Waals surface area (Å²) in [4.78, 5) is 4.09. The van der Waals surface area contributed by atoms with E-state index in [0.29, 0.717) is 11.6 Å². The molecule has 1 spiro atoms. The number of anilines is 2. The van der Waals surface area contributed by atoms with Crippen LogP contribution in [0.25, 0.3) is 0 Å². The maximum absolute atomic E-state index is 13.6. The fourth-order valence-electron chi connectivity index (χ4n) is 4.29. The van der Waals surface area contributed by atoms with E-state index < -0.39 is 11.7 Å². The summed E-state index contributed by atoms with van der Waals surface area (Å²) in [6.45, 7) is 2.44. The van der Waals surface area contributed by atoms with Crippen LogP contribution >= 0.6 is 11.6 Å². The Labute approximate surface area is 156 Å². The van der Waals surface area contributed by atoms with Gasteiger partial charge in [-0.2, -0.15) is 13.2 Å². The SMILES string of the molecule is CN1CCC2(CC1)CN(c1ccccc1C(F)(F)F)c1cc(Cl)ccc12. The van der Waals surface area contributed by atoms with Crippen LogP contribution in [-0.4, -0.2) is 31.6 Å². The summed E-state index contributed by atoms with van der Waals surface area (Å²) in [6, 6.07) is 11.5.